The van der Waals surface area contributed by atoms with Gasteiger partial charge >= 0.3 is 0 Å². The normalized spacial score (nSPS) is 17.7. The predicted octanol–water partition coefficient (Wildman–Crippen LogP) is 1.66. The monoisotopic (exact) mass is 506 g/mol. The molecule has 12 heteroatoms. The molecule has 2 fully saturated rings. The zero-order chi connectivity index (χ0) is 25.4. The summed E-state index contributed by atoms with van der Waals surface area (Å²) in [6, 6.07) is 4.64. The average molecular weight is 507 g/mol. The molecule has 37 heavy (non-hydrogen) atoms. The number of nitrogens with zero attached hydrogens (tertiary/aromatic N) is 7. The minimum absolute atomic E-state index is 0.179. The molecule has 1 amide bonds. The summed E-state index contributed by atoms with van der Waals surface area (Å²) in [7, 11) is 0. The Labute approximate surface area is 213 Å². The zero-order valence-electron chi connectivity index (χ0n) is 20.3. The lowest BCUT2D eigenvalue weighted by Gasteiger charge is -2.28. The molecule has 0 saturated carbocycles. The topological polar surface area (TPSA) is 123 Å². The second-order valence-electron chi connectivity index (χ2n) is 9.08. The molecule has 3 aromatic rings. The highest BCUT2D eigenvalue weighted by molar-refractivity contribution is 5.95. The Morgan fingerprint density at radius 2 is 1.65 bits per heavy atom. The first-order valence-electron chi connectivity index (χ1n) is 12.3. The van der Waals surface area contributed by atoms with E-state index >= 15 is 4.39 Å². The molecule has 2 N–H and O–H groups in total. The number of carbonyl (C=O) groups excluding carboxylic acids is 1. The molecule has 11 nitrogen and oxygen atoms in total. The van der Waals surface area contributed by atoms with Crippen LogP contribution in [-0.4, -0.2) is 89.9 Å². The maximum atomic E-state index is 15.5. The lowest BCUT2D eigenvalue weighted by Crippen LogP contribution is -2.40. The highest BCUT2D eigenvalue weighted by Crippen LogP contribution is 2.40. The van der Waals surface area contributed by atoms with Crippen molar-refractivity contribution >= 4 is 29.3 Å². The van der Waals surface area contributed by atoms with Gasteiger partial charge in [0, 0.05) is 61.8 Å². The molecule has 0 aliphatic carbocycles. The van der Waals surface area contributed by atoms with Crippen molar-refractivity contribution in [1.29, 1.82) is 0 Å². The van der Waals surface area contributed by atoms with Gasteiger partial charge in [-0.25, -0.2) is 19.3 Å². The van der Waals surface area contributed by atoms with Crippen LogP contribution in [0.5, 0.6) is 0 Å². The van der Waals surface area contributed by atoms with Crippen LogP contribution in [0, 0.1) is 5.82 Å². The molecule has 0 radical (unpaired) electrons. The van der Waals surface area contributed by atoms with Crippen molar-refractivity contribution in [3.63, 3.8) is 0 Å². The molecular formula is C25H27FN8O3. The highest BCUT2D eigenvalue weighted by atomic mass is 19.1. The Kier molecular flexibility index (Phi) is 6.26. The third kappa shape index (κ3) is 4.53. The molecule has 0 bridgehead atoms. The fraction of sp³-hybridized carbons (Fsp3) is 0.400. The molecule has 0 spiro atoms. The van der Waals surface area contributed by atoms with Crippen LogP contribution in [0.1, 0.15) is 15.9 Å². The third-order valence-corrected chi connectivity index (χ3v) is 6.84. The van der Waals surface area contributed by atoms with Gasteiger partial charge in [-0.15, -0.1) is 0 Å². The van der Waals surface area contributed by atoms with Gasteiger partial charge in [-0.3, -0.25) is 4.79 Å². The lowest BCUT2D eigenvalue weighted by molar-refractivity contribution is 0.0302. The number of nitrogens with two attached hydrogens (primary N) is 1. The highest BCUT2D eigenvalue weighted by Gasteiger charge is 2.31. The first-order valence-corrected chi connectivity index (χ1v) is 12.3. The molecule has 0 atom stereocenters. The van der Waals surface area contributed by atoms with Crippen LogP contribution >= 0.6 is 0 Å². The molecule has 2 saturated heterocycles. The van der Waals surface area contributed by atoms with Gasteiger partial charge in [0.2, 0.25) is 11.9 Å². The minimum Gasteiger partial charge on any atom is -0.378 e. The fourth-order valence-electron chi connectivity index (χ4n) is 4.89. The summed E-state index contributed by atoms with van der Waals surface area (Å²) < 4.78 is 26.3. The van der Waals surface area contributed by atoms with E-state index in [2.05, 4.69) is 14.9 Å². The van der Waals surface area contributed by atoms with Gasteiger partial charge in [-0.2, -0.15) is 4.98 Å². The number of nitrogen functional groups attached to an aromatic ring is 1. The summed E-state index contributed by atoms with van der Waals surface area (Å²) in [5.74, 6) is 0.682. The van der Waals surface area contributed by atoms with Crippen LogP contribution in [0.25, 0.3) is 11.3 Å². The van der Waals surface area contributed by atoms with Crippen molar-refractivity contribution in [2.75, 3.05) is 74.7 Å². The van der Waals surface area contributed by atoms with Gasteiger partial charge in [0.25, 0.3) is 5.91 Å². The molecule has 0 unspecified atom stereocenters. The summed E-state index contributed by atoms with van der Waals surface area (Å²) in [5, 5.41) is 0. The molecule has 2 aromatic heterocycles. The van der Waals surface area contributed by atoms with E-state index in [4.69, 9.17) is 25.2 Å². The standard InChI is InChI=1S/C25H27FN8O3/c26-19-13-16(23(35)32-5-9-36-10-6-32)1-2-20(19)34-4-3-18-21(17-14-28-24(27)29-15-17)30-25(31-22(18)34)33-7-11-37-12-8-33/h1-2,13-15H,3-12H2,(H2,27,28,29). The maximum Gasteiger partial charge on any atom is 0.254 e. The van der Waals surface area contributed by atoms with Crippen LogP contribution in [0.4, 0.5) is 27.8 Å². The van der Waals surface area contributed by atoms with Crippen LogP contribution < -0.4 is 15.5 Å². The van der Waals surface area contributed by atoms with Crippen molar-refractivity contribution in [2.45, 2.75) is 6.42 Å². The number of hydrogen-bond donors (Lipinski definition) is 1. The molecule has 5 heterocycles. The van der Waals surface area contributed by atoms with E-state index < -0.39 is 5.82 Å². The van der Waals surface area contributed by atoms with Gasteiger partial charge in [0.05, 0.1) is 37.8 Å². The van der Waals surface area contributed by atoms with Crippen molar-refractivity contribution in [3.8, 4) is 11.3 Å². The number of fused-ring (bicyclic) bond motifs is 1. The third-order valence-electron chi connectivity index (χ3n) is 6.84. The Morgan fingerprint density at radius 3 is 2.35 bits per heavy atom. The quantitative estimate of drug-likeness (QED) is 0.559. The van der Waals surface area contributed by atoms with E-state index in [-0.39, 0.29) is 11.9 Å². The number of hydrogen-bond acceptors (Lipinski definition) is 10. The van der Waals surface area contributed by atoms with Crippen molar-refractivity contribution < 1.29 is 18.7 Å². The average Bonchev–Trinajstić information content (AvgIpc) is 3.37. The van der Waals surface area contributed by atoms with Crippen molar-refractivity contribution in [1.82, 2.24) is 24.8 Å². The number of aromatic nitrogens is 4. The summed E-state index contributed by atoms with van der Waals surface area (Å²) >= 11 is 0. The van der Waals surface area contributed by atoms with E-state index in [1.54, 1.807) is 29.4 Å². The van der Waals surface area contributed by atoms with E-state index in [1.807, 2.05) is 4.90 Å². The van der Waals surface area contributed by atoms with Gasteiger partial charge < -0.3 is 29.9 Å². The van der Waals surface area contributed by atoms with Crippen LogP contribution in [-0.2, 0) is 15.9 Å². The van der Waals surface area contributed by atoms with E-state index in [0.29, 0.717) is 94.3 Å². The number of halogens is 1. The number of anilines is 4. The van der Waals surface area contributed by atoms with Gasteiger partial charge in [-0.1, -0.05) is 0 Å². The predicted molar refractivity (Wildman–Crippen MR) is 134 cm³/mol. The van der Waals surface area contributed by atoms with E-state index in [9.17, 15) is 4.79 Å². The van der Waals surface area contributed by atoms with E-state index in [1.165, 1.54) is 6.07 Å². The first-order chi connectivity index (χ1) is 18.1. The second-order valence-corrected chi connectivity index (χ2v) is 9.08. The van der Waals surface area contributed by atoms with Crippen LogP contribution in [0.3, 0.4) is 0 Å². The molecule has 3 aliphatic rings. The summed E-state index contributed by atoms with van der Waals surface area (Å²) in [5.41, 5.74) is 8.69. The van der Waals surface area contributed by atoms with Crippen LogP contribution in [0.15, 0.2) is 30.6 Å². The Balaban J connectivity index is 1.37. The van der Waals surface area contributed by atoms with Gasteiger partial charge in [0.15, 0.2) is 0 Å². The number of morpholine rings is 2. The fourth-order valence-corrected chi connectivity index (χ4v) is 4.89. The number of benzene rings is 1. The number of amides is 1. The Hall–Kier alpha value is -3.90. The Morgan fingerprint density at radius 1 is 0.946 bits per heavy atom. The number of carbonyl (C=O) groups is 1. The molecular weight excluding hydrogens is 479 g/mol. The summed E-state index contributed by atoms with van der Waals surface area (Å²) in [6.45, 7) is 4.98. The van der Waals surface area contributed by atoms with E-state index in [0.717, 1.165) is 11.1 Å². The second kappa shape index (κ2) is 9.87. The molecule has 3 aliphatic heterocycles. The zero-order valence-corrected chi connectivity index (χ0v) is 20.3. The summed E-state index contributed by atoms with van der Waals surface area (Å²) in [4.78, 5) is 36.5. The molecule has 192 valence electrons. The van der Waals surface area contributed by atoms with Gasteiger partial charge in [0.1, 0.15) is 11.6 Å². The van der Waals surface area contributed by atoms with Crippen molar-refractivity contribution in [2.24, 2.45) is 0 Å². The SMILES string of the molecule is Nc1ncc(-c2nc(N3CCOCC3)nc3c2CCN3c2ccc(C(=O)N3CCOCC3)cc2F)cn1. The first kappa shape index (κ1) is 23.5. The Bertz CT molecular complexity index is 1310. The molecule has 6 rings (SSSR count). The van der Waals surface area contributed by atoms with Gasteiger partial charge in [-0.05, 0) is 24.6 Å². The maximum absolute atomic E-state index is 15.5. The smallest absolute Gasteiger partial charge is 0.254 e. The molecule has 1 aromatic carbocycles. The minimum atomic E-state index is -0.476. The number of rotatable bonds is 4. The number of ether oxygens (including phenoxy) is 2. The summed E-state index contributed by atoms with van der Waals surface area (Å²) in [6.07, 6.45) is 3.90. The lowest BCUT2D eigenvalue weighted by atomic mass is 10.1. The van der Waals surface area contributed by atoms with Crippen molar-refractivity contribution in [3.05, 3.63) is 47.5 Å². The largest absolute Gasteiger partial charge is 0.378 e. The van der Waals surface area contributed by atoms with Crippen LogP contribution in [0.2, 0.25) is 0 Å².